The largest absolute Gasteiger partial charge is 0.483 e. The number of hydrogen-bond acceptors (Lipinski definition) is 5. The van der Waals surface area contributed by atoms with E-state index in [1.54, 1.807) is 6.07 Å². The van der Waals surface area contributed by atoms with Crippen molar-refractivity contribution in [2.75, 3.05) is 0 Å². The number of nitrogens with zero attached hydrogens (tertiary/aromatic N) is 2. The summed E-state index contributed by atoms with van der Waals surface area (Å²) in [5, 5.41) is 3.90. The summed E-state index contributed by atoms with van der Waals surface area (Å²) in [6, 6.07) is 4.06. The van der Waals surface area contributed by atoms with Crippen molar-refractivity contribution in [3.63, 3.8) is 0 Å². The third-order valence-corrected chi connectivity index (χ3v) is 3.24. The topological polar surface area (TPSA) is 74.2 Å². The Morgan fingerprint density at radius 3 is 3.00 bits per heavy atom. The van der Waals surface area contributed by atoms with Crippen molar-refractivity contribution < 1.29 is 13.7 Å². The SMILES string of the molecule is C[C@@H](N)c1ccc(F)cc1OCc1nc(C2CC2)no1. The molecule has 0 spiro atoms. The summed E-state index contributed by atoms with van der Waals surface area (Å²) in [6.07, 6.45) is 2.22. The summed E-state index contributed by atoms with van der Waals surface area (Å²) in [7, 11) is 0. The fraction of sp³-hybridized carbons (Fsp3) is 0.429. The van der Waals surface area contributed by atoms with Crippen molar-refractivity contribution in [2.24, 2.45) is 5.73 Å². The molecule has 1 fully saturated rings. The third-order valence-electron chi connectivity index (χ3n) is 3.24. The summed E-state index contributed by atoms with van der Waals surface area (Å²) < 4.78 is 24.0. The molecule has 0 saturated heterocycles. The molecule has 106 valence electrons. The Morgan fingerprint density at radius 1 is 1.50 bits per heavy atom. The van der Waals surface area contributed by atoms with Crippen LogP contribution in [0.3, 0.4) is 0 Å². The highest BCUT2D eigenvalue weighted by atomic mass is 19.1. The Labute approximate surface area is 115 Å². The molecule has 1 aromatic carbocycles. The van der Waals surface area contributed by atoms with E-state index in [2.05, 4.69) is 10.1 Å². The van der Waals surface area contributed by atoms with Crippen LogP contribution in [0, 0.1) is 5.82 Å². The molecule has 1 aliphatic carbocycles. The van der Waals surface area contributed by atoms with Gasteiger partial charge in [-0.25, -0.2) is 4.39 Å². The second-order valence-electron chi connectivity index (χ2n) is 5.08. The Hall–Kier alpha value is -1.95. The Balaban J connectivity index is 1.71. The van der Waals surface area contributed by atoms with Gasteiger partial charge in [-0.05, 0) is 25.8 Å². The van der Waals surface area contributed by atoms with Gasteiger partial charge in [0.25, 0.3) is 5.89 Å². The summed E-state index contributed by atoms with van der Waals surface area (Å²) in [5.41, 5.74) is 6.58. The highest BCUT2D eigenvalue weighted by molar-refractivity contribution is 5.36. The molecule has 5 nitrogen and oxygen atoms in total. The summed E-state index contributed by atoms with van der Waals surface area (Å²) in [5.74, 6) is 1.60. The van der Waals surface area contributed by atoms with Gasteiger partial charge in [0.05, 0.1) is 0 Å². The van der Waals surface area contributed by atoms with Gasteiger partial charge >= 0.3 is 0 Å². The molecular formula is C14H16FN3O2. The Kier molecular flexibility index (Phi) is 3.40. The molecule has 1 aromatic heterocycles. The molecule has 1 atom stereocenters. The van der Waals surface area contributed by atoms with E-state index in [1.165, 1.54) is 12.1 Å². The van der Waals surface area contributed by atoms with Gasteiger partial charge in [-0.2, -0.15) is 4.98 Å². The molecule has 0 bridgehead atoms. The first kappa shape index (κ1) is 13.1. The minimum Gasteiger partial charge on any atom is -0.483 e. The molecule has 0 aliphatic heterocycles. The van der Waals surface area contributed by atoms with Crippen LogP contribution in [0.1, 0.15) is 49.0 Å². The number of benzene rings is 1. The Bertz CT molecular complexity index is 608. The van der Waals surface area contributed by atoms with Crippen LogP contribution in [-0.4, -0.2) is 10.1 Å². The van der Waals surface area contributed by atoms with Gasteiger partial charge in [0.1, 0.15) is 11.6 Å². The van der Waals surface area contributed by atoms with Crippen LogP contribution < -0.4 is 10.5 Å². The van der Waals surface area contributed by atoms with Crippen LogP contribution in [0.25, 0.3) is 0 Å². The van der Waals surface area contributed by atoms with Crippen molar-refractivity contribution in [3.8, 4) is 5.75 Å². The zero-order valence-corrected chi connectivity index (χ0v) is 11.2. The van der Waals surface area contributed by atoms with Crippen molar-refractivity contribution in [3.05, 3.63) is 41.3 Å². The minimum atomic E-state index is -0.367. The number of nitrogens with two attached hydrogens (primary N) is 1. The van der Waals surface area contributed by atoms with Crippen molar-refractivity contribution in [1.82, 2.24) is 10.1 Å². The average Bonchev–Trinajstić information content (AvgIpc) is 3.15. The first-order valence-corrected chi connectivity index (χ1v) is 6.64. The van der Waals surface area contributed by atoms with Crippen molar-refractivity contribution in [2.45, 2.75) is 38.3 Å². The van der Waals surface area contributed by atoms with Crippen LogP contribution >= 0.6 is 0 Å². The summed E-state index contributed by atoms with van der Waals surface area (Å²) in [4.78, 5) is 4.26. The smallest absolute Gasteiger partial charge is 0.264 e. The van der Waals surface area contributed by atoms with E-state index in [9.17, 15) is 4.39 Å². The monoisotopic (exact) mass is 277 g/mol. The second kappa shape index (κ2) is 5.20. The molecule has 6 heteroatoms. The molecule has 1 saturated carbocycles. The average molecular weight is 277 g/mol. The van der Waals surface area contributed by atoms with Crippen molar-refractivity contribution in [1.29, 1.82) is 0 Å². The fourth-order valence-electron chi connectivity index (χ4n) is 1.98. The zero-order valence-electron chi connectivity index (χ0n) is 11.2. The van der Waals surface area contributed by atoms with Gasteiger partial charge in [-0.15, -0.1) is 0 Å². The molecular weight excluding hydrogens is 261 g/mol. The van der Waals surface area contributed by atoms with E-state index in [0.717, 1.165) is 24.2 Å². The van der Waals surface area contributed by atoms with Gasteiger partial charge in [-0.3, -0.25) is 0 Å². The molecule has 0 unspecified atom stereocenters. The quantitative estimate of drug-likeness (QED) is 0.909. The van der Waals surface area contributed by atoms with Crippen LogP contribution in [0.5, 0.6) is 5.75 Å². The maximum absolute atomic E-state index is 13.3. The highest BCUT2D eigenvalue weighted by Crippen LogP contribution is 2.38. The molecule has 2 aromatic rings. The highest BCUT2D eigenvalue weighted by Gasteiger charge is 2.28. The molecule has 20 heavy (non-hydrogen) atoms. The molecule has 0 amide bonds. The van der Waals surface area contributed by atoms with Gasteiger partial charge in [0.2, 0.25) is 0 Å². The van der Waals surface area contributed by atoms with Crippen LogP contribution in [-0.2, 0) is 6.61 Å². The van der Waals surface area contributed by atoms with Crippen LogP contribution in [0.2, 0.25) is 0 Å². The molecule has 2 N–H and O–H groups in total. The van der Waals surface area contributed by atoms with E-state index in [-0.39, 0.29) is 18.5 Å². The van der Waals surface area contributed by atoms with Crippen LogP contribution in [0.15, 0.2) is 22.7 Å². The number of halogens is 1. The van der Waals surface area contributed by atoms with E-state index in [4.69, 9.17) is 15.0 Å². The Morgan fingerprint density at radius 2 is 2.30 bits per heavy atom. The maximum Gasteiger partial charge on any atom is 0.264 e. The lowest BCUT2D eigenvalue weighted by Crippen LogP contribution is -2.08. The van der Waals surface area contributed by atoms with Gasteiger partial charge < -0.3 is 15.0 Å². The lowest BCUT2D eigenvalue weighted by molar-refractivity contribution is 0.239. The minimum absolute atomic E-state index is 0.114. The lowest BCUT2D eigenvalue weighted by Gasteiger charge is -2.12. The summed E-state index contributed by atoms with van der Waals surface area (Å²) >= 11 is 0. The first-order chi connectivity index (χ1) is 9.63. The van der Waals surface area contributed by atoms with Crippen molar-refractivity contribution >= 4 is 0 Å². The molecule has 0 radical (unpaired) electrons. The maximum atomic E-state index is 13.3. The number of ether oxygens (including phenoxy) is 1. The standard InChI is InChI=1S/C14H16FN3O2/c1-8(16)11-5-4-10(15)6-12(11)19-7-13-17-14(18-20-13)9-2-3-9/h4-6,8-9H,2-3,7,16H2,1H3/t8-/m1/s1. The predicted molar refractivity (Wildman–Crippen MR) is 69.6 cm³/mol. The van der Waals surface area contributed by atoms with Gasteiger partial charge in [0, 0.05) is 23.6 Å². The number of rotatable bonds is 5. The predicted octanol–water partition coefficient (Wildman–Crippen LogP) is 2.68. The number of hydrogen-bond donors (Lipinski definition) is 1. The zero-order chi connectivity index (χ0) is 14.1. The molecule has 1 heterocycles. The van der Waals surface area contributed by atoms with Gasteiger partial charge in [-0.1, -0.05) is 11.2 Å². The number of aromatic nitrogens is 2. The second-order valence-corrected chi connectivity index (χ2v) is 5.08. The fourth-order valence-corrected chi connectivity index (χ4v) is 1.98. The van der Waals surface area contributed by atoms with E-state index in [1.807, 2.05) is 6.92 Å². The lowest BCUT2D eigenvalue weighted by atomic mass is 10.1. The summed E-state index contributed by atoms with van der Waals surface area (Å²) in [6.45, 7) is 1.93. The normalized spacial score (nSPS) is 16.1. The van der Waals surface area contributed by atoms with Gasteiger partial charge in [0.15, 0.2) is 12.4 Å². The molecule has 3 rings (SSSR count). The van der Waals surface area contributed by atoms with E-state index >= 15 is 0 Å². The first-order valence-electron chi connectivity index (χ1n) is 6.64. The molecule has 1 aliphatic rings. The van der Waals surface area contributed by atoms with Crippen LogP contribution in [0.4, 0.5) is 4.39 Å². The van der Waals surface area contributed by atoms with E-state index in [0.29, 0.717) is 17.6 Å². The van der Waals surface area contributed by atoms with E-state index < -0.39 is 0 Å². The third kappa shape index (κ3) is 2.80.